The summed E-state index contributed by atoms with van der Waals surface area (Å²) < 4.78 is 31.7. The molecule has 0 saturated carbocycles. The van der Waals surface area contributed by atoms with Crippen molar-refractivity contribution in [3.63, 3.8) is 0 Å². The fraction of sp³-hybridized carbons (Fsp3) is 0.333. The van der Waals surface area contributed by atoms with Gasteiger partial charge in [-0.05, 0) is 68.6 Å². The normalized spacial score (nSPS) is 11.3. The quantitative estimate of drug-likeness (QED) is 0.604. The molecule has 0 saturated heterocycles. The molecule has 0 fully saturated rings. The highest BCUT2D eigenvalue weighted by molar-refractivity contribution is 7.89. The maximum absolute atomic E-state index is 12.2. The first-order valence-electron chi connectivity index (χ1n) is 7.96. The average Bonchev–Trinajstić information content (AvgIpc) is 2.61. The first-order chi connectivity index (χ1) is 11.8. The number of carbonyl (C=O) groups excluding carboxylic acids is 1. The van der Waals surface area contributed by atoms with Crippen molar-refractivity contribution in [1.82, 2.24) is 9.71 Å². The predicted molar refractivity (Wildman–Crippen MR) is 95.0 cm³/mol. The molecule has 1 aromatic heterocycles. The number of benzene rings is 1. The lowest BCUT2D eigenvalue weighted by molar-refractivity contribution is 0.0500. The SMILES string of the molecule is CNS(=O)(=O)c1cc(C(=O)OCCCc2cccnc2)cc(C)c1C. The maximum atomic E-state index is 12.2. The first-order valence-corrected chi connectivity index (χ1v) is 9.44. The van der Waals surface area contributed by atoms with Gasteiger partial charge in [-0.1, -0.05) is 6.07 Å². The van der Waals surface area contributed by atoms with Gasteiger partial charge in [0.25, 0.3) is 0 Å². The van der Waals surface area contributed by atoms with Gasteiger partial charge in [0.15, 0.2) is 0 Å². The minimum Gasteiger partial charge on any atom is -0.462 e. The molecule has 0 amide bonds. The fourth-order valence-corrected chi connectivity index (χ4v) is 3.47. The lowest BCUT2D eigenvalue weighted by Crippen LogP contribution is -2.21. The number of aryl methyl sites for hydroxylation is 2. The van der Waals surface area contributed by atoms with Gasteiger partial charge in [0.2, 0.25) is 10.0 Å². The molecule has 25 heavy (non-hydrogen) atoms. The summed E-state index contributed by atoms with van der Waals surface area (Å²) in [5.74, 6) is -0.526. The second-order valence-corrected chi connectivity index (χ2v) is 7.58. The summed E-state index contributed by atoms with van der Waals surface area (Å²) in [5, 5.41) is 0. The number of sulfonamides is 1. The van der Waals surface area contributed by atoms with Crippen molar-refractivity contribution in [2.75, 3.05) is 13.7 Å². The lowest BCUT2D eigenvalue weighted by Gasteiger charge is -2.12. The highest BCUT2D eigenvalue weighted by Gasteiger charge is 2.19. The molecule has 0 bridgehead atoms. The number of carbonyl (C=O) groups is 1. The number of nitrogens with one attached hydrogen (secondary N) is 1. The molecule has 7 heteroatoms. The predicted octanol–water partition coefficient (Wildman–Crippen LogP) is 2.40. The largest absolute Gasteiger partial charge is 0.462 e. The molecule has 0 atom stereocenters. The number of hydrogen-bond acceptors (Lipinski definition) is 5. The molecule has 0 unspecified atom stereocenters. The summed E-state index contributed by atoms with van der Waals surface area (Å²) in [6.07, 6.45) is 4.91. The molecular weight excluding hydrogens is 340 g/mol. The Labute approximate surface area is 148 Å². The van der Waals surface area contributed by atoms with Crippen LogP contribution < -0.4 is 4.72 Å². The molecule has 1 N–H and O–H groups in total. The fourth-order valence-electron chi connectivity index (χ4n) is 2.40. The molecular formula is C18H22N2O4S. The molecule has 6 nitrogen and oxygen atoms in total. The number of ether oxygens (including phenoxy) is 1. The standard InChI is InChI=1S/C18H22N2O4S/c1-13-10-16(11-17(14(13)2)25(22,23)19-3)18(21)24-9-5-7-15-6-4-8-20-12-15/h4,6,8,10-12,19H,5,7,9H2,1-3H3. The van der Waals surface area contributed by atoms with E-state index in [1.165, 1.54) is 13.1 Å². The van der Waals surface area contributed by atoms with Gasteiger partial charge in [-0.15, -0.1) is 0 Å². The van der Waals surface area contributed by atoms with Gasteiger partial charge in [0, 0.05) is 12.4 Å². The van der Waals surface area contributed by atoms with Crippen LogP contribution in [0.4, 0.5) is 0 Å². The summed E-state index contributed by atoms with van der Waals surface area (Å²) >= 11 is 0. The van der Waals surface area contributed by atoms with E-state index < -0.39 is 16.0 Å². The van der Waals surface area contributed by atoms with E-state index in [2.05, 4.69) is 9.71 Å². The van der Waals surface area contributed by atoms with Crippen molar-refractivity contribution >= 4 is 16.0 Å². The van der Waals surface area contributed by atoms with Crippen LogP contribution in [-0.4, -0.2) is 33.0 Å². The number of esters is 1. The number of pyridine rings is 1. The van der Waals surface area contributed by atoms with E-state index in [9.17, 15) is 13.2 Å². The summed E-state index contributed by atoms with van der Waals surface area (Å²) in [6, 6.07) is 6.83. The smallest absolute Gasteiger partial charge is 0.338 e. The van der Waals surface area contributed by atoms with Gasteiger partial charge in [-0.2, -0.15) is 0 Å². The number of hydrogen-bond donors (Lipinski definition) is 1. The molecule has 1 heterocycles. The summed E-state index contributed by atoms with van der Waals surface area (Å²) in [6.45, 7) is 3.74. The Bertz CT molecular complexity index is 849. The van der Waals surface area contributed by atoms with Crippen molar-refractivity contribution in [2.45, 2.75) is 31.6 Å². The van der Waals surface area contributed by atoms with Gasteiger partial charge < -0.3 is 4.74 Å². The van der Waals surface area contributed by atoms with Crippen molar-refractivity contribution in [3.8, 4) is 0 Å². The third-order valence-corrected chi connectivity index (χ3v) is 5.52. The van der Waals surface area contributed by atoms with E-state index in [1.54, 1.807) is 32.3 Å². The van der Waals surface area contributed by atoms with E-state index >= 15 is 0 Å². The zero-order valence-corrected chi connectivity index (χ0v) is 15.4. The summed E-state index contributed by atoms with van der Waals surface area (Å²) in [4.78, 5) is 16.4. The molecule has 0 aliphatic heterocycles. The van der Waals surface area contributed by atoms with Crippen LogP contribution in [0.1, 0.15) is 33.5 Å². The van der Waals surface area contributed by atoms with Crippen LogP contribution in [0.15, 0.2) is 41.6 Å². The van der Waals surface area contributed by atoms with Gasteiger partial charge >= 0.3 is 5.97 Å². The minimum absolute atomic E-state index is 0.0947. The van der Waals surface area contributed by atoms with E-state index in [-0.39, 0.29) is 17.1 Å². The number of rotatable bonds is 7. The average molecular weight is 362 g/mol. The van der Waals surface area contributed by atoms with Gasteiger partial charge in [-0.3, -0.25) is 4.98 Å². The highest BCUT2D eigenvalue weighted by atomic mass is 32.2. The van der Waals surface area contributed by atoms with Crippen LogP contribution in [0.25, 0.3) is 0 Å². The Hall–Kier alpha value is -2.25. The maximum Gasteiger partial charge on any atom is 0.338 e. The molecule has 2 aromatic rings. The Kier molecular flexibility index (Phi) is 6.27. The van der Waals surface area contributed by atoms with E-state index in [1.807, 2.05) is 12.1 Å². The summed E-state index contributed by atoms with van der Waals surface area (Å²) in [5.41, 5.74) is 2.64. The molecule has 134 valence electrons. The van der Waals surface area contributed by atoms with Crippen LogP contribution in [0.3, 0.4) is 0 Å². The van der Waals surface area contributed by atoms with Crippen molar-refractivity contribution in [3.05, 3.63) is 58.9 Å². The lowest BCUT2D eigenvalue weighted by atomic mass is 10.1. The van der Waals surface area contributed by atoms with Crippen molar-refractivity contribution in [2.24, 2.45) is 0 Å². The zero-order chi connectivity index (χ0) is 18.4. The van der Waals surface area contributed by atoms with Crippen molar-refractivity contribution in [1.29, 1.82) is 0 Å². The molecule has 0 aliphatic carbocycles. The molecule has 1 aromatic carbocycles. The molecule has 0 radical (unpaired) electrons. The molecule has 2 rings (SSSR count). The van der Waals surface area contributed by atoms with Gasteiger partial charge in [-0.25, -0.2) is 17.9 Å². The topological polar surface area (TPSA) is 85.4 Å². The van der Waals surface area contributed by atoms with Gasteiger partial charge in [0.1, 0.15) is 0 Å². The second kappa shape index (κ2) is 8.22. The van der Waals surface area contributed by atoms with Crippen molar-refractivity contribution < 1.29 is 17.9 Å². The van der Waals surface area contributed by atoms with Crippen LogP contribution >= 0.6 is 0 Å². The van der Waals surface area contributed by atoms with E-state index in [4.69, 9.17) is 4.74 Å². The van der Waals surface area contributed by atoms with E-state index in [0.29, 0.717) is 12.0 Å². The third-order valence-electron chi connectivity index (χ3n) is 3.98. The number of nitrogens with zero attached hydrogens (tertiary/aromatic N) is 1. The summed E-state index contributed by atoms with van der Waals surface area (Å²) in [7, 11) is -2.29. The van der Waals surface area contributed by atoms with Crippen LogP contribution in [0.5, 0.6) is 0 Å². The van der Waals surface area contributed by atoms with Crippen LogP contribution in [0, 0.1) is 13.8 Å². The van der Waals surface area contributed by atoms with E-state index in [0.717, 1.165) is 17.5 Å². The number of aromatic nitrogens is 1. The first kappa shape index (κ1) is 19.1. The Morgan fingerprint density at radius 2 is 2.04 bits per heavy atom. The zero-order valence-electron chi connectivity index (χ0n) is 14.6. The Morgan fingerprint density at radius 3 is 2.68 bits per heavy atom. The van der Waals surface area contributed by atoms with Crippen LogP contribution in [-0.2, 0) is 21.2 Å². The molecule has 0 aliphatic rings. The van der Waals surface area contributed by atoms with Crippen LogP contribution in [0.2, 0.25) is 0 Å². The Balaban J connectivity index is 2.04. The monoisotopic (exact) mass is 362 g/mol. The highest BCUT2D eigenvalue weighted by Crippen LogP contribution is 2.21. The van der Waals surface area contributed by atoms with Gasteiger partial charge in [0.05, 0.1) is 17.1 Å². The minimum atomic E-state index is -3.63. The second-order valence-electron chi connectivity index (χ2n) is 5.72. The Morgan fingerprint density at radius 1 is 1.28 bits per heavy atom. The molecule has 0 spiro atoms. The third kappa shape index (κ3) is 4.87.